The molecule has 0 saturated heterocycles. The van der Waals surface area contributed by atoms with Crippen LogP contribution in [0.3, 0.4) is 0 Å². The third kappa shape index (κ3) is 3.78. The quantitative estimate of drug-likeness (QED) is 0.767. The third-order valence-electron chi connectivity index (χ3n) is 2.76. The average molecular weight is 265 g/mol. The van der Waals surface area contributed by atoms with Crippen LogP contribution in [0.2, 0.25) is 0 Å². The molecule has 0 radical (unpaired) electrons. The molecule has 0 N–H and O–H groups in total. The van der Waals surface area contributed by atoms with Crippen molar-refractivity contribution in [1.29, 1.82) is 0 Å². The van der Waals surface area contributed by atoms with Gasteiger partial charge in [-0.25, -0.2) is 0 Å². The molecule has 2 aromatic rings. The summed E-state index contributed by atoms with van der Waals surface area (Å²) in [6.45, 7) is -2.75. The van der Waals surface area contributed by atoms with Gasteiger partial charge in [0.15, 0.2) is 0 Å². The normalized spacial score (nSPS) is 11.4. The van der Waals surface area contributed by atoms with Gasteiger partial charge in [-0.1, -0.05) is 42.0 Å². The Kier molecular flexibility index (Phi) is 3.83. The standard InChI is InChI=1S/C14H13BF3O/c1-11-5-7-12(8-6-11)10-19-14-4-2-3-13(9-14)15(16,17)18/h2-9H,10H2,1H3/q-1. The molecule has 0 aromatic heterocycles. The van der Waals surface area contributed by atoms with Crippen LogP contribution >= 0.6 is 0 Å². The van der Waals surface area contributed by atoms with E-state index < -0.39 is 12.4 Å². The highest BCUT2D eigenvalue weighted by Gasteiger charge is 2.25. The first-order chi connectivity index (χ1) is 8.95. The van der Waals surface area contributed by atoms with Crippen molar-refractivity contribution in [3.8, 4) is 5.75 Å². The molecule has 0 aliphatic heterocycles. The Morgan fingerprint density at radius 1 is 1.00 bits per heavy atom. The predicted octanol–water partition coefficient (Wildman–Crippen LogP) is 3.63. The molecule has 0 amide bonds. The van der Waals surface area contributed by atoms with E-state index in [1.165, 1.54) is 12.1 Å². The molecule has 0 bridgehead atoms. The summed E-state index contributed by atoms with van der Waals surface area (Å²) in [7, 11) is 0. The van der Waals surface area contributed by atoms with Gasteiger partial charge in [-0.3, -0.25) is 0 Å². The Morgan fingerprint density at radius 3 is 2.32 bits per heavy atom. The Bertz CT molecular complexity index is 549. The van der Waals surface area contributed by atoms with Gasteiger partial charge in [-0.05, 0) is 24.6 Å². The van der Waals surface area contributed by atoms with Crippen LogP contribution in [0.25, 0.3) is 0 Å². The molecule has 2 rings (SSSR count). The second-order valence-corrected chi connectivity index (χ2v) is 4.42. The van der Waals surface area contributed by atoms with Crippen molar-refractivity contribution >= 4 is 12.4 Å². The predicted molar refractivity (Wildman–Crippen MR) is 70.7 cm³/mol. The highest BCUT2D eigenvalue weighted by atomic mass is 19.4. The molecule has 0 unspecified atom stereocenters. The topological polar surface area (TPSA) is 9.23 Å². The molecule has 0 atom stereocenters. The first-order valence-electron chi connectivity index (χ1n) is 5.93. The van der Waals surface area contributed by atoms with Gasteiger partial charge < -0.3 is 17.7 Å². The van der Waals surface area contributed by atoms with Crippen molar-refractivity contribution in [3.63, 3.8) is 0 Å². The summed E-state index contributed by atoms with van der Waals surface area (Å²) in [4.78, 5) is 0. The van der Waals surface area contributed by atoms with Crippen LogP contribution in [0.15, 0.2) is 48.5 Å². The van der Waals surface area contributed by atoms with E-state index in [0.717, 1.165) is 23.3 Å². The molecule has 0 aliphatic carbocycles. The maximum absolute atomic E-state index is 12.6. The lowest BCUT2D eigenvalue weighted by molar-refractivity contribution is 0.306. The lowest BCUT2D eigenvalue weighted by atomic mass is 9.80. The summed E-state index contributed by atoms with van der Waals surface area (Å²) < 4.78 is 43.1. The van der Waals surface area contributed by atoms with Crippen LogP contribution in [-0.4, -0.2) is 6.98 Å². The van der Waals surface area contributed by atoms with Gasteiger partial charge in [0.05, 0.1) is 0 Å². The smallest absolute Gasteiger partial charge is 0.489 e. The molecule has 5 heteroatoms. The van der Waals surface area contributed by atoms with Gasteiger partial charge in [-0.15, -0.1) is 5.46 Å². The van der Waals surface area contributed by atoms with Gasteiger partial charge in [0.2, 0.25) is 0 Å². The van der Waals surface area contributed by atoms with E-state index in [1.807, 2.05) is 31.2 Å². The highest BCUT2D eigenvalue weighted by molar-refractivity contribution is 6.73. The maximum Gasteiger partial charge on any atom is 0.509 e. The summed E-state index contributed by atoms with van der Waals surface area (Å²) in [5, 5.41) is 0. The molecule has 1 nitrogen and oxygen atoms in total. The second-order valence-electron chi connectivity index (χ2n) is 4.42. The first kappa shape index (κ1) is 13.5. The minimum atomic E-state index is -4.98. The Hall–Kier alpha value is -1.91. The number of aryl methyl sites for hydroxylation is 1. The fraction of sp³-hybridized carbons (Fsp3) is 0.143. The lowest BCUT2D eigenvalue weighted by Gasteiger charge is -2.16. The molecule has 0 aliphatic rings. The maximum atomic E-state index is 12.6. The summed E-state index contributed by atoms with van der Waals surface area (Å²) in [5.41, 5.74) is 1.42. The summed E-state index contributed by atoms with van der Waals surface area (Å²) in [6, 6.07) is 12.6. The number of ether oxygens (including phenoxy) is 1. The lowest BCUT2D eigenvalue weighted by Crippen LogP contribution is -2.33. The number of benzene rings is 2. The van der Waals surface area contributed by atoms with E-state index in [0.29, 0.717) is 0 Å². The SMILES string of the molecule is Cc1ccc(COc2cccc([B-](F)(F)F)c2)cc1. The number of rotatable bonds is 4. The van der Waals surface area contributed by atoms with Crippen molar-refractivity contribution < 1.29 is 17.7 Å². The van der Waals surface area contributed by atoms with Crippen molar-refractivity contribution in [2.75, 3.05) is 0 Å². The summed E-state index contributed by atoms with van der Waals surface area (Å²) in [5.74, 6) is 0.234. The number of halogens is 3. The Balaban J connectivity index is 2.05. The fourth-order valence-corrected chi connectivity index (χ4v) is 1.66. The van der Waals surface area contributed by atoms with E-state index in [-0.39, 0.29) is 12.4 Å². The molecule has 0 fully saturated rings. The molecule has 0 heterocycles. The molecular formula is C14H13BF3O-. The van der Waals surface area contributed by atoms with Crippen molar-refractivity contribution in [1.82, 2.24) is 0 Å². The van der Waals surface area contributed by atoms with Crippen molar-refractivity contribution in [3.05, 3.63) is 59.7 Å². The molecule has 0 saturated carbocycles. The van der Waals surface area contributed by atoms with Crippen LogP contribution < -0.4 is 10.2 Å². The van der Waals surface area contributed by atoms with Crippen LogP contribution in [0.1, 0.15) is 11.1 Å². The fourth-order valence-electron chi connectivity index (χ4n) is 1.66. The van der Waals surface area contributed by atoms with E-state index in [2.05, 4.69) is 0 Å². The minimum absolute atomic E-state index is 0.234. The zero-order chi connectivity index (χ0) is 13.9. The summed E-state index contributed by atoms with van der Waals surface area (Å²) in [6.07, 6.45) is 0. The minimum Gasteiger partial charge on any atom is -0.489 e. The average Bonchev–Trinajstić information content (AvgIpc) is 2.37. The van der Waals surface area contributed by atoms with Crippen LogP contribution in [-0.2, 0) is 6.61 Å². The van der Waals surface area contributed by atoms with E-state index >= 15 is 0 Å². The van der Waals surface area contributed by atoms with Crippen molar-refractivity contribution in [2.24, 2.45) is 0 Å². The van der Waals surface area contributed by atoms with Gasteiger partial charge in [0, 0.05) is 0 Å². The largest absolute Gasteiger partial charge is 0.509 e. The van der Waals surface area contributed by atoms with Gasteiger partial charge in [0.1, 0.15) is 12.4 Å². The monoisotopic (exact) mass is 265 g/mol. The molecule has 2 aromatic carbocycles. The van der Waals surface area contributed by atoms with E-state index in [4.69, 9.17) is 4.74 Å². The Labute approximate surface area is 110 Å². The zero-order valence-corrected chi connectivity index (χ0v) is 10.4. The third-order valence-corrected chi connectivity index (χ3v) is 2.76. The van der Waals surface area contributed by atoms with Crippen LogP contribution in [0.4, 0.5) is 12.9 Å². The second kappa shape index (κ2) is 5.39. The summed E-state index contributed by atoms with van der Waals surface area (Å²) >= 11 is 0. The molecular weight excluding hydrogens is 252 g/mol. The highest BCUT2D eigenvalue weighted by Crippen LogP contribution is 2.16. The number of hydrogen-bond acceptors (Lipinski definition) is 1. The molecule has 100 valence electrons. The molecule has 0 spiro atoms. The van der Waals surface area contributed by atoms with Gasteiger partial charge >= 0.3 is 6.98 Å². The van der Waals surface area contributed by atoms with E-state index in [9.17, 15) is 12.9 Å². The van der Waals surface area contributed by atoms with Gasteiger partial charge in [-0.2, -0.15) is 0 Å². The first-order valence-corrected chi connectivity index (χ1v) is 5.93. The van der Waals surface area contributed by atoms with Crippen LogP contribution in [0.5, 0.6) is 5.75 Å². The van der Waals surface area contributed by atoms with Gasteiger partial charge in [0.25, 0.3) is 0 Å². The zero-order valence-electron chi connectivity index (χ0n) is 10.4. The Morgan fingerprint density at radius 2 is 1.68 bits per heavy atom. The molecule has 19 heavy (non-hydrogen) atoms. The van der Waals surface area contributed by atoms with E-state index in [1.54, 1.807) is 0 Å². The van der Waals surface area contributed by atoms with Crippen LogP contribution in [0, 0.1) is 6.92 Å². The number of hydrogen-bond donors (Lipinski definition) is 0. The van der Waals surface area contributed by atoms with Crippen molar-refractivity contribution in [2.45, 2.75) is 13.5 Å².